The van der Waals surface area contributed by atoms with E-state index in [-0.39, 0.29) is 0 Å². The molecule has 124 valence electrons. The summed E-state index contributed by atoms with van der Waals surface area (Å²) in [5.74, 6) is 0. The standard InChI is InChI=1S/C17H19BrINO2S/c1-13-4-8-16(9-5-13)23(21,22)20(11-3-10-18)15-7-6-14(2)17(19)12-15/h4-9,12H,3,10-11H2,1-2H3. The van der Waals surface area contributed by atoms with Crippen LogP contribution in [0, 0.1) is 17.4 Å². The van der Waals surface area contributed by atoms with Gasteiger partial charge in [-0.05, 0) is 72.7 Å². The Kier molecular flexibility index (Phi) is 6.50. The van der Waals surface area contributed by atoms with Gasteiger partial charge in [0.05, 0.1) is 10.6 Å². The zero-order chi connectivity index (χ0) is 17.0. The van der Waals surface area contributed by atoms with E-state index in [9.17, 15) is 8.42 Å². The van der Waals surface area contributed by atoms with Gasteiger partial charge in [0.25, 0.3) is 10.0 Å². The lowest BCUT2D eigenvalue weighted by Gasteiger charge is -2.25. The topological polar surface area (TPSA) is 37.4 Å². The second-order valence-corrected chi connectivity index (χ2v) is 9.18. The molecule has 0 aromatic heterocycles. The van der Waals surface area contributed by atoms with E-state index >= 15 is 0 Å². The first kappa shape index (κ1) is 18.7. The number of alkyl halides is 1. The molecule has 2 rings (SSSR count). The molecule has 0 fully saturated rings. The molecule has 0 aliphatic carbocycles. The minimum absolute atomic E-state index is 0.327. The van der Waals surface area contributed by atoms with E-state index in [1.54, 1.807) is 12.1 Å². The Hall–Kier alpha value is -0.600. The van der Waals surface area contributed by atoms with Crippen molar-refractivity contribution >= 4 is 54.2 Å². The van der Waals surface area contributed by atoms with Crippen molar-refractivity contribution in [2.75, 3.05) is 16.2 Å². The highest BCUT2D eigenvalue weighted by Gasteiger charge is 2.24. The minimum atomic E-state index is -3.56. The van der Waals surface area contributed by atoms with Crippen LogP contribution in [0.5, 0.6) is 0 Å². The molecule has 0 N–H and O–H groups in total. The smallest absolute Gasteiger partial charge is 0.264 e. The first-order valence-corrected chi connectivity index (χ1v) is 10.9. The van der Waals surface area contributed by atoms with E-state index in [0.717, 1.165) is 26.4 Å². The van der Waals surface area contributed by atoms with Crippen LogP contribution in [0.15, 0.2) is 47.4 Å². The van der Waals surface area contributed by atoms with Crippen molar-refractivity contribution in [3.8, 4) is 0 Å². The highest BCUT2D eigenvalue weighted by molar-refractivity contribution is 14.1. The predicted octanol–water partition coefficient (Wildman–Crippen LogP) is 4.89. The molecular formula is C17H19BrINO2S. The third-order valence-corrected chi connectivity index (χ3v) is 7.11. The van der Waals surface area contributed by atoms with Crippen molar-refractivity contribution in [2.24, 2.45) is 0 Å². The van der Waals surface area contributed by atoms with Gasteiger partial charge in [-0.3, -0.25) is 4.31 Å². The van der Waals surface area contributed by atoms with Crippen LogP contribution in [0.25, 0.3) is 0 Å². The fraction of sp³-hybridized carbons (Fsp3) is 0.294. The second kappa shape index (κ2) is 7.98. The van der Waals surface area contributed by atoms with Gasteiger partial charge in [-0.15, -0.1) is 0 Å². The predicted molar refractivity (Wildman–Crippen MR) is 108 cm³/mol. The number of aryl methyl sites for hydroxylation is 2. The first-order valence-electron chi connectivity index (χ1n) is 7.28. The van der Waals surface area contributed by atoms with E-state index in [1.807, 2.05) is 44.2 Å². The molecule has 0 saturated carbocycles. The fourth-order valence-electron chi connectivity index (χ4n) is 2.17. The fourth-order valence-corrected chi connectivity index (χ4v) is 4.41. The molecule has 0 unspecified atom stereocenters. The molecule has 23 heavy (non-hydrogen) atoms. The van der Waals surface area contributed by atoms with Gasteiger partial charge in [0, 0.05) is 15.4 Å². The summed E-state index contributed by atoms with van der Waals surface area (Å²) < 4.78 is 28.7. The van der Waals surface area contributed by atoms with Crippen molar-refractivity contribution in [1.82, 2.24) is 0 Å². The molecule has 2 aromatic rings. The van der Waals surface area contributed by atoms with Crippen molar-refractivity contribution in [3.63, 3.8) is 0 Å². The largest absolute Gasteiger partial charge is 0.266 e. The Morgan fingerprint density at radius 3 is 2.30 bits per heavy atom. The molecule has 6 heteroatoms. The van der Waals surface area contributed by atoms with Gasteiger partial charge >= 0.3 is 0 Å². The Morgan fingerprint density at radius 2 is 1.74 bits per heavy atom. The van der Waals surface area contributed by atoms with Gasteiger partial charge in [0.2, 0.25) is 0 Å². The molecule has 2 aromatic carbocycles. The van der Waals surface area contributed by atoms with Crippen LogP contribution in [0.3, 0.4) is 0 Å². The number of hydrogen-bond donors (Lipinski definition) is 0. The van der Waals surface area contributed by atoms with Crippen LogP contribution in [0.2, 0.25) is 0 Å². The number of sulfonamides is 1. The van der Waals surface area contributed by atoms with Gasteiger partial charge in [0.15, 0.2) is 0 Å². The average molecular weight is 508 g/mol. The minimum Gasteiger partial charge on any atom is -0.266 e. The third-order valence-electron chi connectivity index (χ3n) is 3.55. The van der Waals surface area contributed by atoms with E-state index in [4.69, 9.17) is 0 Å². The summed E-state index contributed by atoms with van der Waals surface area (Å²) in [4.78, 5) is 0.327. The summed E-state index contributed by atoms with van der Waals surface area (Å²) in [6.45, 7) is 4.41. The second-order valence-electron chi connectivity index (χ2n) is 5.37. The number of anilines is 1. The zero-order valence-corrected chi connectivity index (χ0v) is 17.7. The third kappa shape index (κ3) is 4.48. The quantitative estimate of drug-likeness (QED) is 0.412. The van der Waals surface area contributed by atoms with Gasteiger partial charge < -0.3 is 0 Å². The molecule has 0 aliphatic rings. The van der Waals surface area contributed by atoms with Crippen molar-refractivity contribution in [3.05, 3.63) is 57.2 Å². The van der Waals surface area contributed by atoms with Crippen LogP contribution in [0.1, 0.15) is 17.5 Å². The van der Waals surface area contributed by atoms with Gasteiger partial charge in [-0.1, -0.05) is 39.7 Å². The van der Waals surface area contributed by atoms with Gasteiger partial charge in [-0.25, -0.2) is 8.42 Å². The van der Waals surface area contributed by atoms with E-state index in [2.05, 4.69) is 38.5 Å². The normalized spacial score (nSPS) is 11.5. The van der Waals surface area contributed by atoms with E-state index < -0.39 is 10.0 Å². The lowest BCUT2D eigenvalue weighted by molar-refractivity contribution is 0.590. The average Bonchev–Trinajstić information content (AvgIpc) is 2.51. The van der Waals surface area contributed by atoms with Crippen LogP contribution in [-0.4, -0.2) is 20.3 Å². The monoisotopic (exact) mass is 507 g/mol. The van der Waals surface area contributed by atoms with Crippen molar-refractivity contribution in [1.29, 1.82) is 0 Å². The highest BCUT2D eigenvalue weighted by atomic mass is 127. The summed E-state index contributed by atoms with van der Waals surface area (Å²) in [7, 11) is -3.56. The van der Waals surface area contributed by atoms with Crippen LogP contribution in [0.4, 0.5) is 5.69 Å². The molecule has 0 heterocycles. The number of rotatable bonds is 6. The molecule has 0 bridgehead atoms. The van der Waals surface area contributed by atoms with E-state index in [1.165, 1.54) is 4.31 Å². The Labute approximate surface area is 160 Å². The molecular weight excluding hydrogens is 489 g/mol. The number of halogens is 2. The molecule has 0 spiro atoms. The lowest BCUT2D eigenvalue weighted by atomic mass is 10.2. The van der Waals surface area contributed by atoms with Crippen LogP contribution < -0.4 is 4.31 Å². The summed E-state index contributed by atoms with van der Waals surface area (Å²) in [5.41, 5.74) is 2.89. The molecule has 0 amide bonds. The highest BCUT2D eigenvalue weighted by Crippen LogP contribution is 2.27. The summed E-state index contributed by atoms with van der Waals surface area (Å²) in [5, 5.41) is 0.760. The molecule has 0 atom stereocenters. The summed E-state index contributed by atoms with van der Waals surface area (Å²) >= 11 is 5.62. The Morgan fingerprint density at radius 1 is 1.09 bits per heavy atom. The Bertz CT molecular complexity index is 776. The van der Waals surface area contributed by atoms with Crippen LogP contribution in [-0.2, 0) is 10.0 Å². The maximum Gasteiger partial charge on any atom is 0.264 e. The molecule has 0 aliphatic heterocycles. The Balaban J connectivity index is 2.48. The SMILES string of the molecule is Cc1ccc(S(=O)(=O)N(CCCBr)c2ccc(C)c(I)c2)cc1. The lowest BCUT2D eigenvalue weighted by Crippen LogP contribution is -2.32. The molecule has 0 radical (unpaired) electrons. The number of hydrogen-bond acceptors (Lipinski definition) is 2. The zero-order valence-electron chi connectivity index (χ0n) is 13.1. The summed E-state index contributed by atoms with van der Waals surface area (Å²) in [6, 6.07) is 12.8. The number of benzene rings is 2. The number of nitrogens with zero attached hydrogens (tertiary/aromatic N) is 1. The van der Waals surface area contributed by atoms with E-state index in [0.29, 0.717) is 17.1 Å². The van der Waals surface area contributed by atoms with Crippen molar-refractivity contribution in [2.45, 2.75) is 25.2 Å². The molecule has 3 nitrogen and oxygen atoms in total. The molecule has 0 saturated heterocycles. The first-order chi connectivity index (χ1) is 10.9. The summed E-state index contributed by atoms with van der Waals surface area (Å²) in [6.07, 6.45) is 0.746. The maximum absolute atomic E-state index is 13.1. The van der Waals surface area contributed by atoms with Crippen molar-refractivity contribution < 1.29 is 8.42 Å². The maximum atomic E-state index is 13.1. The van der Waals surface area contributed by atoms with Gasteiger partial charge in [-0.2, -0.15) is 0 Å². The van der Waals surface area contributed by atoms with Crippen LogP contribution >= 0.6 is 38.5 Å². The van der Waals surface area contributed by atoms with Gasteiger partial charge in [0.1, 0.15) is 0 Å².